The first kappa shape index (κ1) is 4.11. The third kappa shape index (κ3) is 0.887. The molecular formula is C3H5N3O. The summed E-state index contributed by atoms with van der Waals surface area (Å²) in [5.41, 5.74) is 2.55. The van der Waals surface area contributed by atoms with Gasteiger partial charge in [-0.3, -0.25) is 10.2 Å². The minimum atomic E-state index is -0.140. The van der Waals surface area contributed by atoms with E-state index in [2.05, 4.69) is 15.8 Å². The van der Waals surface area contributed by atoms with Crippen molar-refractivity contribution in [2.45, 2.75) is 0 Å². The van der Waals surface area contributed by atoms with Gasteiger partial charge in [0, 0.05) is 0 Å². The number of nitrogens with zero attached hydrogens (tertiary/aromatic N) is 1. The highest BCUT2D eigenvalue weighted by Gasteiger charge is 1.96. The quantitative estimate of drug-likeness (QED) is 0.394. The second-order valence-corrected chi connectivity index (χ2v) is 1.13. The molecule has 0 unspecified atom stereocenters. The number of hydrogen-bond donors (Lipinski definition) is 2. The second-order valence-electron chi connectivity index (χ2n) is 1.13. The van der Waals surface area contributed by atoms with Gasteiger partial charge < -0.3 is 5.32 Å². The zero-order valence-electron chi connectivity index (χ0n) is 3.64. The maximum absolute atomic E-state index is 10.2. The number of nitrogens with one attached hydrogen (secondary N) is 2. The van der Waals surface area contributed by atoms with E-state index in [4.69, 9.17) is 0 Å². The van der Waals surface area contributed by atoms with E-state index in [0.29, 0.717) is 6.67 Å². The van der Waals surface area contributed by atoms with Crippen LogP contribution in [0.5, 0.6) is 0 Å². The largest absolute Gasteiger partial charge is 0.332 e. The summed E-state index contributed by atoms with van der Waals surface area (Å²) in [5.74, 6) is -0.140. The van der Waals surface area contributed by atoms with Crippen LogP contribution in [0, 0.1) is 0 Å². The molecule has 7 heavy (non-hydrogen) atoms. The SMILES string of the molecule is O=C1C=NNCN1. The van der Waals surface area contributed by atoms with Crippen molar-refractivity contribution in [2.75, 3.05) is 6.67 Å². The van der Waals surface area contributed by atoms with Crippen LogP contribution in [0.3, 0.4) is 0 Å². The van der Waals surface area contributed by atoms with E-state index in [1.54, 1.807) is 0 Å². The molecule has 4 heteroatoms. The van der Waals surface area contributed by atoms with Crippen LogP contribution in [-0.4, -0.2) is 18.8 Å². The number of hydrogen-bond acceptors (Lipinski definition) is 3. The highest BCUT2D eigenvalue weighted by Crippen LogP contribution is 1.65. The van der Waals surface area contributed by atoms with Crippen molar-refractivity contribution in [1.82, 2.24) is 10.7 Å². The molecule has 1 heterocycles. The van der Waals surface area contributed by atoms with Gasteiger partial charge in [-0.25, -0.2) is 0 Å². The molecule has 4 nitrogen and oxygen atoms in total. The Morgan fingerprint density at radius 3 is 3.00 bits per heavy atom. The molecule has 0 aromatic rings. The van der Waals surface area contributed by atoms with Crippen LogP contribution >= 0.6 is 0 Å². The summed E-state index contributed by atoms with van der Waals surface area (Å²) in [6.45, 7) is 0.440. The Labute approximate surface area is 40.6 Å². The summed E-state index contributed by atoms with van der Waals surface area (Å²) in [5, 5.41) is 5.95. The average Bonchev–Trinajstić information content (AvgIpc) is 1.69. The van der Waals surface area contributed by atoms with Gasteiger partial charge in [-0.15, -0.1) is 0 Å². The van der Waals surface area contributed by atoms with Crippen LogP contribution in [0.2, 0.25) is 0 Å². The molecule has 1 rings (SSSR count). The summed E-state index contributed by atoms with van der Waals surface area (Å²) in [6.07, 6.45) is 1.20. The fraction of sp³-hybridized carbons (Fsp3) is 0.333. The van der Waals surface area contributed by atoms with Crippen LogP contribution in [0.4, 0.5) is 0 Å². The van der Waals surface area contributed by atoms with Gasteiger partial charge in [-0.05, 0) is 0 Å². The number of amides is 1. The fourth-order valence-electron chi connectivity index (χ4n) is 0.322. The summed E-state index contributed by atoms with van der Waals surface area (Å²) in [7, 11) is 0. The molecular weight excluding hydrogens is 94.1 g/mol. The normalized spacial score (nSPS) is 18.0. The molecule has 0 aromatic carbocycles. The molecule has 1 aliphatic rings. The third-order valence-electron chi connectivity index (χ3n) is 0.615. The van der Waals surface area contributed by atoms with E-state index >= 15 is 0 Å². The van der Waals surface area contributed by atoms with E-state index in [1.165, 1.54) is 6.21 Å². The Morgan fingerprint density at radius 2 is 2.71 bits per heavy atom. The molecule has 0 spiro atoms. The van der Waals surface area contributed by atoms with Gasteiger partial charge in [0.05, 0.1) is 0 Å². The molecule has 0 radical (unpaired) electrons. The molecule has 1 aliphatic heterocycles. The topological polar surface area (TPSA) is 53.5 Å². The Bertz CT molecular complexity index is 109. The highest BCUT2D eigenvalue weighted by atomic mass is 16.2. The molecule has 0 aliphatic carbocycles. The Hall–Kier alpha value is -1.06. The first-order chi connectivity index (χ1) is 3.39. The van der Waals surface area contributed by atoms with Gasteiger partial charge in [-0.1, -0.05) is 0 Å². The molecule has 0 saturated heterocycles. The molecule has 2 N–H and O–H groups in total. The lowest BCUT2D eigenvalue weighted by molar-refractivity contribution is -0.114. The lowest BCUT2D eigenvalue weighted by Crippen LogP contribution is -2.36. The van der Waals surface area contributed by atoms with Gasteiger partial charge in [0.25, 0.3) is 5.91 Å². The Balaban J connectivity index is 2.51. The van der Waals surface area contributed by atoms with E-state index in [-0.39, 0.29) is 5.91 Å². The van der Waals surface area contributed by atoms with Gasteiger partial charge in [0.1, 0.15) is 12.9 Å². The maximum Gasteiger partial charge on any atom is 0.265 e. The summed E-state index contributed by atoms with van der Waals surface area (Å²) in [4.78, 5) is 10.2. The predicted molar refractivity (Wildman–Crippen MR) is 24.6 cm³/mol. The van der Waals surface area contributed by atoms with Crippen molar-refractivity contribution in [3.05, 3.63) is 0 Å². The number of hydrazone groups is 1. The molecule has 38 valence electrons. The van der Waals surface area contributed by atoms with Gasteiger partial charge in [-0.2, -0.15) is 5.10 Å². The zero-order chi connectivity index (χ0) is 5.11. The number of carbonyl (C=O) groups is 1. The predicted octanol–water partition coefficient (Wildman–Crippen LogP) is -1.35. The van der Waals surface area contributed by atoms with E-state index in [1.807, 2.05) is 0 Å². The summed E-state index contributed by atoms with van der Waals surface area (Å²) in [6, 6.07) is 0. The number of rotatable bonds is 0. The Morgan fingerprint density at radius 1 is 1.86 bits per heavy atom. The lowest BCUT2D eigenvalue weighted by atomic mass is 10.6. The van der Waals surface area contributed by atoms with Crippen LogP contribution in [-0.2, 0) is 4.79 Å². The first-order valence-electron chi connectivity index (χ1n) is 1.93. The molecule has 0 atom stereocenters. The van der Waals surface area contributed by atoms with Gasteiger partial charge in [0.15, 0.2) is 0 Å². The lowest BCUT2D eigenvalue weighted by Gasteiger charge is -2.04. The standard InChI is InChI=1S/C3H5N3O/c7-3-1-5-6-2-4-3/h1,6H,2H2,(H,4,7). The van der Waals surface area contributed by atoms with Crippen LogP contribution in [0.15, 0.2) is 5.10 Å². The molecule has 0 bridgehead atoms. The molecule has 0 saturated carbocycles. The van der Waals surface area contributed by atoms with Crippen LogP contribution in [0.1, 0.15) is 0 Å². The summed E-state index contributed by atoms with van der Waals surface area (Å²) >= 11 is 0. The van der Waals surface area contributed by atoms with Crippen molar-refractivity contribution in [3.63, 3.8) is 0 Å². The first-order valence-corrected chi connectivity index (χ1v) is 1.93. The monoisotopic (exact) mass is 99.0 g/mol. The smallest absolute Gasteiger partial charge is 0.265 e. The minimum Gasteiger partial charge on any atom is -0.332 e. The van der Waals surface area contributed by atoms with Gasteiger partial charge >= 0.3 is 0 Å². The second kappa shape index (κ2) is 1.59. The van der Waals surface area contributed by atoms with Crippen molar-refractivity contribution >= 4 is 12.1 Å². The molecule has 1 amide bonds. The average molecular weight is 99.1 g/mol. The van der Waals surface area contributed by atoms with Crippen LogP contribution < -0.4 is 10.7 Å². The van der Waals surface area contributed by atoms with E-state index < -0.39 is 0 Å². The zero-order valence-corrected chi connectivity index (χ0v) is 3.64. The maximum atomic E-state index is 10.2. The Kier molecular flexibility index (Phi) is 0.934. The van der Waals surface area contributed by atoms with Crippen molar-refractivity contribution in [1.29, 1.82) is 0 Å². The van der Waals surface area contributed by atoms with Crippen molar-refractivity contribution in [3.8, 4) is 0 Å². The molecule has 0 fully saturated rings. The number of carbonyl (C=O) groups excluding carboxylic acids is 1. The highest BCUT2D eigenvalue weighted by molar-refractivity contribution is 6.26. The van der Waals surface area contributed by atoms with Crippen molar-refractivity contribution < 1.29 is 4.79 Å². The molecule has 0 aromatic heterocycles. The fourth-order valence-corrected chi connectivity index (χ4v) is 0.322. The third-order valence-corrected chi connectivity index (χ3v) is 0.615. The summed E-state index contributed by atoms with van der Waals surface area (Å²) < 4.78 is 0. The van der Waals surface area contributed by atoms with E-state index in [9.17, 15) is 4.79 Å². The van der Waals surface area contributed by atoms with Gasteiger partial charge in [0.2, 0.25) is 0 Å². The minimum absolute atomic E-state index is 0.140. The van der Waals surface area contributed by atoms with Crippen molar-refractivity contribution in [2.24, 2.45) is 5.10 Å². The van der Waals surface area contributed by atoms with Crippen LogP contribution in [0.25, 0.3) is 0 Å². The van der Waals surface area contributed by atoms with E-state index in [0.717, 1.165) is 0 Å².